The summed E-state index contributed by atoms with van der Waals surface area (Å²) in [5, 5.41) is 7.29. The van der Waals surface area contributed by atoms with E-state index in [4.69, 9.17) is 9.26 Å². The number of nitrogens with zero attached hydrogens (tertiary/aromatic N) is 1. The number of fused-ring (bicyclic) bond motifs is 1. The zero-order valence-electron chi connectivity index (χ0n) is 9.69. The Morgan fingerprint density at radius 2 is 2.29 bits per heavy atom. The number of nitrogens with one attached hydrogen (secondary N) is 1. The summed E-state index contributed by atoms with van der Waals surface area (Å²) in [6, 6.07) is 8.00. The van der Waals surface area contributed by atoms with E-state index >= 15 is 0 Å². The molecule has 17 heavy (non-hydrogen) atoms. The smallest absolute Gasteiger partial charge is 0.228 e. The Kier molecular flexibility index (Phi) is 2.48. The zero-order chi connectivity index (χ0) is 11.7. The van der Waals surface area contributed by atoms with Crippen molar-refractivity contribution in [3.05, 3.63) is 41.1 Å². The van der Waals surface area contributed by atoms with Gasteiger partial charge in [0.05, 0.1) is 12.8 Å². The van der Waals surface area contributed by atoms with Gasteiger partial charge in [-0.25, -0.2) is 0 Å². The van der Waals surface area contributed by atoms with Crippen molar-refractivity contribution in [2.45, 2.75) is 12.8 Å². The van der Waals surface area contributed by atoms with E-state index in [-0.39, 0.29) is 0 Å². The average molecular weight is 230 g/mol. The van der Waals surface area contributed by atoms with Crippen LogP contribution in [0.15, 0.2) is 28.8 Å². The lowest BCUT2D eigenvalue weighted by molar-refractivity contribution is 0.408. The predicted octanol–water partition coefficient (Wildman–Crippen LogP) is 2.24. The van der Waals surface area contributed by atoms with E-state index < -0.39 is 0 Å². The van der Waals surface area contributed by atoms with Gasteiger partial charge in [-0.3, -0.25) is 0 Å². The minimum Gasteiger partial charge on any atom is -0.496 e. The summed E-state index contributed by atoms with van der Waals surface area (Å²) < 4.78 is 10.6. The van der Waals surface area contributed by atoms with E-state index in [1.807, 2.05) is 18.2 Å². The molecule has 4 heteroatoms. The Bertz CT molecular complexity index is 534. The topological polar surface area (TPSA) is 47.3 Å². The number of anilines is 1. The van der Waals surface area contributed by atoms with Crippen LogP contribution >= 0.6 is 0 Å². The van der Waals surface area contributed by atoms with Crippen molar-refractivity contribution in [2.75, 3.05) is 19.0 Å². The summed E-state index contributed by atoms with van der Waals surface area (Å²) in [6.07, 6.45) is 1.74. The van der Waals surface area contributed by atoms with Gasteiger partial charge in [-0.15, -0.1) is 0 Å². The van der Waals surface area contributed by atoms with Crippen molar-refractivity contribution in [3.8, 4) is 5.75 Å². The first-order valence-corrected chi connectivity index (χ1v) is 5.71. The highest BCUT2D eigenvalue weighted by Gasteiger charge is 2.21. The minimum atomic E-state index is 0.754. The van der Waals surface area contributed by atoms with Crippen LogP contribution in [0.5, 0.6) is 5.75 Å². The lowest BCUT2D eigenvalue weighted by Gasteiger charge is -2.06. The Morgan fingerprint density at radius 1 is 1.41 bits per heavy atom. The number of hydrogen-bond acceptors (Lipinski definition) is 4. The maximum atomic E-state index is 5.34. The van der Waals surface area contributed by atoms with Crippen LogP contribution in [0.3, 0.4) is 0 Å². The third kappa shape index (κ3) is 1.75. The molecule has 0 aliphatic carbocycles. The summed E-state index contributed by atoms with van der Waals surface area (Å²) in [6.45, 7) is 0.940. The highest BCUT2D eigenvalue weighted by Crippen LogP contribution is 2.29. The zero-order valence-corrected chi connectivity index (χ0v) is 9.69. The van der Waals surface area contributed by atoms with Crippen molar-refractivity contribution in [1.82, 2.24) is 5.16 Å². The third-order valence-corrected chi connectivity index (χ3v) is 3.08. The molecule has 0 atom stereocenters. The number of benzene rings is 1. The molecular formula is C13H14N2O2. The highest BCUT2D eigenvalue weighted by atomic mass is 16.5. The summed E-state index contributed by atoms with van der Waals surface area (Å²) in [5.41, 5.74) is 3.35. The van der Waals surface area contributed by atoms with Gasteiger partial charge in [0.25, 0.3) is 0 Å². The summed E-state index contributed by atoms with van der Waals surface area (Å²) in [7, 11) is 1.69. The summed E-state index contributed by atoms with van der Waals surface area (Å²) in [5.74, 6) is 1.73. The molecule has 1 aromatic carbocycles. The van der Waals surface area contributed by atoms with Gasteiger partial charge >= 0.3 is 0 Å². The lowest BCUT2D eigenvalue weighted by atomic mass is 10.1. The number of ether oxygens (including phenoxy) is 1. The fourth-order valence-corrected chi connectivity index (χ4v) is 2.21. The second-order valence-electron chi connectivity index (χ2n) is 4.10. The Morgan fingerprint density at radius 3 is 3.18 bits per heavy atom. The van der Waals surface area contributed by atoms with Crippen LogP contribution in [0.1, 0.15) is 16.8 Å². The van der Waals surface area contributed by atoms with Gasteiger partial charge in [-0.05, 0) is 12.5 Å². The van der Waals surface area contributed by atoms with Crippen LogP contribution in [0.4, 0.5) is 5.88 Å². The normalized spacial score (nSPS) is 13.2. The van der Waals surface area contributed by atoms with E-state index in [2.05, 4.69) is 16.5 Å². The van der Waals surface area contributed by atoms with E-state index in [0.29, 0.717) is 0 Å². The number of aromatic nitrogens is 1. The average Bonchev–Trinajstić information content (AvgIpc) is 2.95. The fraction of sp³-hybridized carbons (Fsp3) is 0.308. The van der Waals surface area contributed by atoms with Crippen LogP contribution in [0, 0.1) is 0 Å². The molecule has 1 N–H and O–H groups in total. The number of rotatable bonds is 3. The van der Waals surface area contributed by atoms with E-state index in [0.717, 1.165) is 42.3 Å². The molecule has 1 aromatic heterocycles. The Labute approximate surface area is 99.6 Å². The van der Waals surface area contributed by atoms with Gasteiger partial charge in [-0.2, -0.15) is 0 Å². The van der Waals surface area contributed by atoms with Gasteiger partial charge in [0.1, 0.15) is 5.75 Å². The Hall–Kier alpha value is -1.97. The van der Waals surface area contributed by atoms with Gasteiger partial charge in [0, 0.05) is 24.1 Å². The van der Waals surface area contributed by atoms with Gasteiger partial charge < -0.3 is 14.6 Å². The maximum Gasteiger partial charge on any atom is 0.228 e. The molecule has 0 amide bonds. The molecule has 0 unspecified atom stereocenters. The number of methoxy groups -OCH3 is 1. The van der Waals surface area contributed by atoms with Crippen LogP contribution in [-0.2, 0) is 12.8 Å². The van der Waals surface area contributed by atoms with Gasteiger partial charge in [-0.1, -0.05) is 23.4 Å². The molecule has 1 aliphatic rings. The quantitative estimate of drug-likeness (QED) is 0.878. The predicted molar refractivity (Wildman–Crippen MR) is 64.5 cm³/mol. The minimum absolute atomic E-state index is 0.754. The van der Waals surface area contributed by atoms with Crippen LogP contribution in [0.25, 0.3) is 0 Å². The van der Waals surface area contributed by atoms with Crippen molar-refractivity contribution in [2.24, 2.45) is 0 Å². The van der Waals surface area contributed by atoms with Gasteiger partial charge in [0.15, 0.2) is 0 Å². The third-order valence-electron chi connectivity index (χ3n) is 3.08. The first-order valence-electron chi connectivity index (χ1n) is 5.71. The first-order chi connectivity index (χ1) is 8.38. The van der Waals surface area contributed by atoms with E-state index in [9.17, 15) is 0 Å². The molecule has 0 spiro atoms. The standard InChI is InChI=1S/C13H14N2O2/c1-16-12-5-3-2-4-9(12)8-11-10-6-7-14-13(10)17-15-11/h2-5,14H,6-8H2,1H3. The second-order valence-corrected chi connectivity index (χ2v) is 4.10. The molecule has 2 aromatic rings. The Balaban J connectivity index is 1.91. The molecular weight excluding hydrogens is 216 g/mol. The lowest BCUT2D eigenvalue weighted by Crippen LogP contribution is -1.97. The van der Waals surface area contributed by atoms with Crippen LogP contribution < -0.4 is 10.1 Å². The highest BCUT2D eigenvalue weighted by molar-refractivity contribution is 5.50. The van der Waals surface area contributed by atoms with E-state index in [1.54, 1.807) is 7.11 Å². The number of hydrogen-bond donors (Lipinski definition) is 1. The molecule has 0 saturated heterocycles. The van der Waals surface area contributed by atoms with Crippen LogP contribution in [0.2, 0.25) is 0 Å². The van der Waals surface area contributed by atoms with Gasteiger partial charge in [0.2, 0.25) is 5.88 Å². The fourth-order valence-electron chi connectivity index (χ4n) is 2.21. The number of para-hydroxylation sites is 1. The molecule has 0 saturated carbocycles. The van der Waals surface area contributed by atoms with Crippen molar-refractivity contribution in [3.63, 3.8) is 0 Å². The molecule has 0 bridgehead atoms. The summed E-state index contributed by atoms with van der Waals surface area (Å²) in [4.78, 5) is 0. The summed E-state index contributed by atoms with van der Waals surface area (Å²) >= 11 is 0. The monoisotopic (exact) mass is 230 g/mol. The van der Waals surface area contributed by atoms with Crippen molar-refractivity contribution >= 4 is 5.88 Å². The molecule has 1 aliphatic heterocycles. The van der Waals surface area contributed by atoms with E-state index in [1.165, 1.54) is 5.56 Å². The van der Waals surface area contributed by atoms with Crippen LogP contribution in [-0.4, -0.2) is 18.8 Å². The molecule has 2 heterocycles. The molecule has 0 radical (unpaired) electrons. The second kappa shape index (κ2) is 4.13. The molecule has 4 nitrogen and oxygen atoms in total. The largest absolute Gasteiger partial charge is 0.496 e. The first kappa shape index (κ1) is 10.2. The maximum absolute atomic E-state index is 5.34. The van der Waals surface area contributed by atoms with Crippen molar-refractivity contribution < 1.29 is 9.26 Å². The molecule has 3 rings (SSSR count). The molecule has 0 fully saturated rings. The van der Waals surface area contributed by atoms with Crippen molar-refractivity contribution in [1.29, 1.82) is 0 Å². The molecule has 88 valence electrons. The SMILES string of the molecule is COc1ccccc1Cc1noc2c1CCN2.